The highest BCUT2D eigenvalue weighted by Gasteiger charge is 2.16. The summed E-state index contributed by atoms with van der Waals surface area (Å²) in [6, 6.07) is 0. The molecular weight excluding hydrogens is 180 g/mol. The highest BCUT2D eigenvalue weighted by Crippen LogP contribution is 2.22. The lowest BCUT2D eigenvalue weighted by atomic mass is 9.92. The van der Waals surface area contributed by atoms with E-state index in [1.165, 1.54) is 0 Å². The molecule has 0 aliphatic carbocycles. The zero-order valence-corrected chi connectivity index (χ0v) is 8.91. The van der Waals surface area contributed by atoms with Crippen molar-refractivity contribution in [1.29, 1.82) is 0 Å². The standard InChI is InChI=1S/C11H18O3/c1-3-14-11(12)8-9(2)10-4-6-13-7-5-10/h8,10H,3-7H2,1-2H3/b9-8-. The van der Waals surface area contributed by atoms with Crippen LogP contribution in [-0.4, -0.2) is 25.8 Å². The van der Waals surface area contributed by atoms with Gasteiger partial charge in [0.2, 0.25) is 0 Å². The van der Waals surface area contributed by atoms with Crippen LogP contribution in [-0.2, 0) is 14.3 Å². The Hall–Kier alpha value is -0.830. The maximum Gasteiger partial charge on any atom is 0.330 e. The van der Waals surface area contributed by atoms with Crippen LogP contribution in [0.5, 0.6) is 0 Å². The van der Waals surface area contributed by atoms with Gasteiger partial charge in [-0.25, -0.2) is 4.79 Å². The third-order valence-electron chi connectivity index (χ3n) is 2.50. The van der Waals surface area contributed by atoms with Gasteiger partial charge in [0.25, 0.3) is 0 Å². The second kappa shape index (κ2) is 5.81. The van der Waals surface area contributed by atoms with Crippen molar-refractivity contribution in [3.8, 4) is 0 Å². The van der Waals surface area contributed by atoms with Crippen molar-refractivity contribution in [3.05, 3.63) is 11.6 Å². The average Bonchev–Trinajstić information content (AvgIpc) is 2.19. The van der Waals surface area contributed by atoms with E-state index in [1.807, 2.05) is 13.8 Å². The van der Waals surface area contributed by atoms with Gasteiger partial charge in [-0.05, 0) is 32.6 Å². The maximum atomic E-state index is 11.2. The molecule has 0 unspecified atom stereocenters. The Balaban J connectivity index is 2.44. The van der Waals surface area contributed by atoms with Crippen molar-refractivity contribution in [1.82, 2.24) is 0 Å². The predicted octanol–water partition coefficient (Wildman–Crippen LogP) is 1.92. The lowest BCUT2D eigenvalue weighted by Gasteiger charge is -2.22. The fourth-order valence-electron chi connectivity index (χ4n) is 1.64. The number of allylic oxidation sites excluding steroid dienone is 1. The summed E-state index contributed by atoms with van der Waals surface area (Å²) in [5.41, 5.74) is 1.12. The first-order valence-electron chi connectivity index (χ1n) is 5.16. The molecule has 0 amide bonds. The maximum absolute atomic E-state index is 11.2. The summed E-state index contributed by atoms with van der Waals surface area (Å²) in [5.74, 6) is 0.268. The molecule has 80 valence electrons. The molecule has 1 rings (SSSR count). The molecule has 14 heavy (non-hydrogen) atoms. The Morgan fingerprint density at radius 1 is 1.50 bits per heavy atom. The molecule has 0 radical (unpaired) electrons. The third kappa shape index (κ3) is 3.50. The zero-order valence-electron chi connectivity index (χ0n) is 8.91. The fourth-order valence-corrected chi connectivity index (χ4v) is 1.64. The minimum atomic E-state index is -0.225. The molecule has 3 heteroatoms. The van der Waals surface area contributed by atoms with Gasteiger partial charge in [-0.3, -0.25) is 0 Å². The normalized spacial score (nSPS) is 19.4. The number of hydrogen-bond acceptors (Lipinski definition) is 3. The molecule has 0 aromatic heterocycles. The summed E-state index contributed by atoms with van der Waals surface area (Å²) in [5, 5.41) is 0. The molecular formula is C11H18O3. The molecule has 0 aromatic rings. The van der Waals surface area contributed by atoms with Crippen LogP contribution in [0.15, 0.2) is 11.6 Å². The second-order valence-electron chi connectivity index (χ2n) is 3.53. The van der Waals surface area contributed by atoms with Crippen LogP contribution in [0.25, 0.3) is 0 Å². The van der Waals surface area contributed by atoms with Crippen molar-refractivity contribution in [2.45, 2.75) is 26.7 Å². The van der Waals surface area contributed by atoms with Crippen LogP contribution >= 0.6 is 0 Å². The topological polar surface area (TPSA) is 35.5 Å². The fraction of sp³-hybridized carbons (Fsp3) is 0.727. The lowest BCUT2D eigenvalue weighted by Crippen LogP contribution is -2.17. The Morgan fingerprint density at radius 3 is 2.71 bits per heavy atom. The van der Waals surface area contributed by atoms with Gasteiger partial charge in [-0.15, -0.1) is 0 Å². The van der Waals surface area contributed by atoms with E-state index in [9.17, 15) is 4.79 Å². The Labute approximate surface area is 85.1 Å². The molecule has 0 bridgehead atoms. The average molecular weight is 198 g/mol. The van der Waals surface area contributed by atoms with Gasteiger partial charge < -0.3 is 9.47 Å². The monoisotopic (exact) mass is 198 g/mol. The molecule has 1 heterocycles. The van der Waals surface area contributed by atoms with Gasteiger partial charge in [0, 0.05) is 19.3 Å². The van der Waals surface area contributed by atoms with Crippen LogP contribution in [0.2, 0.25) is 0 Å². The Morgan fingerprint density at radius 2 is 2.14 bits per heavy atom. The number of esters is 1. The van der Waals surface area contributed by atoms with Gasteiger partial charge in [-0.2, -0.15) is 0 Å². The zero-order chi connectivity index (χ0) is 10.4. The number of hydrogen-bond donors (Lipinski definition) is 0. The Bertz CT molecular complexity index is 215. The molecule has 1 fully saturated rings. The number of ether oxygens (including phenoxy) is 2. The van der Waals surface area contributed by atoms with Crippen LogP contribution in [0.4, 0.5) is 0 Å². The molecule has 1 aliphatic rings. The van der Waals surface area contributed by atoms with E-state index in [0.29, 0.717) is 12.5 Å². The quantitative estimate of drug-likeness (QED) is 0.513. The van der Waals surface area contributed by atoms with Crippen molar-refractivity contribution in [2.75, 3.05) is 19.8 Å². The van der Waals surface area contributed by atoms with Crippen molar-refractivity contribution in [2.24, 2.45) is 5.92 Å². The summed E-state index contributed by atoms with van der Waals surface area (Å²) in [6.07, 6.45) is 3.64. The van der Waals surface area contributed by atoms with E-state index in [0.717, 1.165) is 31.6 Å². The molecule has 1 saturated heterocycles. The van der Waals surface area contributed by atoms with E-state index >= 15 is 0 Å². The molecule has 3 nitrogen and oxygen atoms in total. The summed E-state index contributed by atoms with van der Waals surface area (Å²) in [4.78, 5) is 11.2. The summed E-state index contributed by atoms with van der Waals surface area (Å²) in [6.45, 7) is 5.86. The van der Waals surface area contributed by atoms with Crippen LogP contribution in [0.1, 0.15) is 26.7 Å². The number of carbonyl (C=O) groups excluding carboxylic acids is 1. The van der Waals surface area contributed by atoms with E-state index in [1.54, 1.807) is 6.08 Å². The number of carbonyl (C=O) groups is 1. The molecule has 1 aliphatic heterocycles. The van der Waals surface area contributed by atoms with Crippen LogP contribution in [0.3, 0.4) is 0 Å². The first kappa shape index (κ1) is 11.2. The predicted molar refractivity (Wildman–Crippen MR) is 53.9 cm³/mol. The second-order valence-corrected chi connectivity index (χ2v) is 3.53. The molecule has 0 atom stereocenters. The van der Waals surface area contributed by atoms with Gasteiger partial charge in [0.05, 0.1) is 6.61 Å². The minimum absolute atomic E-state index is 0.225. The Kier molecular flexibility index (Phi) is 4.66. The molecule has 0 saturated carbocycles. The van der Waals surface area contributed by atoms with Crippen LogP contribution < -0.4 is 0 Å². The van der Waals surface area contributed by atoms with Gasteiger partial charge in [0.1, 0.15) is 0 Å². The van der Waals surface area contributed by atoms with Gasteiger partial charge >= 0.3 is 5.97 Å². The van der Waals surface area contributed by atoms with Crippen molar-refractivity contribution in [3.63, 3.8) is 0 Å². The van der Waals surface area contributed by atoms with E-state index in [-0.39, 0.29) is 5.97 Å². The van der Waals surface area contributed by atoms with E-state index in [2.05, 4.69) is 0 Å². The number of rotatable bonds is 3. The summed E-state index contributed by atoms with van der Waals surface area (Å²) >= 11 is 0. The molecule has 0 N–H and O–H groups in total. The summed E-state index contributed by atoms with van der Waals surface area (Å²) in [7, 11) is 0. The SMILES string of the molecule is CCOC(=O)/C=C(/C)C1CCOCC1. The minimum Gasteiger partial charge on any atom is -0.463 e. The smallest absolute Gasteiger partial charge is 0.330 e. The summed E-state index contributed by atoms with van der Waals surface area (Å²) < 4.78 is 10.1. The van der Waals surface area contributed by atoms with E-state index < -0.39 is 0 Å². The van der Waals surface area contributed by atoms with Crippen LogP contribution in [0, 0.1) is 5.92 Å². The third-order valence-corrected chi connectivity index (χ3v) is 2.50. The highest BCUT2D eigenvalue weighted by molar-refractivity contribution is 5.82. The van der Waals surface area contributed by atoms with Gasteiger partial charge in [-0.1, -0.05) is 5.57 Å². The first-order valence-corrected chi connectivity index (χ1v) is 5.16. The van der Waals surface area contributed by atoms with Crippen molar-refractivity contribution >= 4 is 5.97 Å². The van der Waals surface area contributed by atoms with Gasteiger partial charge in [0.15, 0.2) is 0 Å². The van der Waals surface area contributed by atoms with Crippen molar-refractivity contribution < 1.29 is 14.3 Å². The first-order chi connectivity index (χ1) is 6.74. The van der Waals surface area contributed by atoms with E-state index in [4.69, 9.17) is 9.47 Å². The lowest BCUT2D eigenvalue weighted by molar-refractivity contribution is -0.137. The molecule has 0 spiro atoms. The molecule has 0 aromatic carbocycles. The largest absolute Gasteiger partial charge is 0.463 e. The highest BCUT2D eigenvalue weighted by atomic mass is 16.5.